The van der Waals surface area contributed by atoms with Gasteiger partial charge in [0.05, 0.1) is 32.2 Å². The summed E-state index contributed by atoms with van der Waals surface area (Å²) in [6.07, 6.45) is 1.66. The third-order valence-electron chi connectivity index (χ3n) is 9.17. The van der Waals surface area contributed by atoms with Crippen LogP contribution in [0.15, 0.2) is 23.5 Å². The van der Waals surface area contributed by atoms with Gasteiger partial charge in [-0.25, -0.2) is 4.79 Å². The number of allylic oxidation sites excluding steroid dienone is 2. The molecular formula is C29H38O11. The quantitative estimate of drug-likeness (QED) is 0.311. The van der Waals surface area contributed by atoms with Crippen LogP contribution in [0.3, 0.4) is 0 Å². The molecule has 1 spiro atoms. The van der Waals surface area contributed by atoms with E-state index >= 15 is 0 Å². The minimum absolute atomic E-state index is 0.0344. The molecule has 0 bridgehead atoms. The molecule has 40 heavy (non-hydrogen) atoms. The second-order valence-corrected chi connectivity index (χ2v) is 12.2. The minimum atomic E-state index is -1.97. The summed E-state index contributed by atoms with van der Waals surface area (Å²) >= 11 is 0. The molecule has 3 fully saturated rings. The van der Waals surface area contributed by atoms with Crippen molar-refractivity contribution < 1.29 is 53.1 Å². The van der Waals surface area contributed by atoms with E-state index in [2.05, 4.69) is 0 Å². The summed E-state index contributed by atoms with van der Waals surface area (Å²) in [6.45, 7) is 6.15. The second kappa shape index (κ2) is 10.5. The molecule has 4 rings (SSSR count). The SMILES string of the molecule is COC(=O)C[C@](C)(CC[C@]1(O)C[C@]23OC(=O)C[C@H]2O[C@@](C)(CO)[C@@H]3CCC1=O)C(=O)[C@@H](C)/C=C1/C=C(C)C(=O)O1. The third kappa shape index (κ3) is 5.14. The highest BCUT2D eigenvalue weighted by atomic mass is 16.6. The summed E-state index contributed by atoms with van der Waals surface area (Å²) in [4.78, 5) is 63.6. The van der Waals surface area contributed by atoms with E-state index in [-0.39, 0.29) is 63.1 Å². The highest BCUT2D eigenvalue weighted by molar-refractivity contribution is 5.94. The molecule has 7 atom stereocenters. The first kappa shape index (κ1) is 30.1. The Balaban J connectivity index is 1.61. The van der Waals surface area contributed by atoms with Gasteiger partial charge < -0.3 is 29.2 Å². The van der Waals surface area contributed by atoms with E-state index in [9.17, 15) is 34.2 Å². The van der Waals surface area contributed by atoms with Gasteiger partial charge in [-0.3, -0.25) is 19.2 Å². The van der Waals surface area contributed by atoms with Crippen molar-refractivity contribution in [3.8, 4) is 0 Å². The van der Waals surface area contributed by atoms with Crippen molar-refractivity contribution in [2.75, 3.05) is 13.7 Å². The molecule has 0 aromatic rings. The van der Waals surface area contributed by atoms with Crippen molar-refractivity contribution in [2.45, 2.75) is 95.5 Å². The van der Waals surface area contributed by atoms with Crippen LogP contribution in [0.4, 0.5) is 0 Å². The van der Waals surface area contributed by atoms with E-state index in [0.29, 0.717) is 5.57 Å². The summed E-state index contributed by atoms with van der Waals surface area (Å²) in [5, 5.41) is 21.9. The standard InChI is InChI=1S/C29H38O11/c1-16(10-18-11-17(2)25(35)38-18)24(34)26(3,13-23(33)37-5)8-9-28(36)14-29-19(6-7-20(28)31)27(4,15-30)39-21(29)12-22(32)40-29/h10-11,16,19,21,30,36H,6-9,12-15H2,1-5H3/b18-10-/t16-,19-,21+,26-,27-,28-,29+/m0/s1. The molecule has 220 valence electrons. The van der Waals surface area contributed by atoms with E-state index in [0.717, 1.165) is 0 Å². The fraction of sp³-hybridized carbons (Fsp3) is 0.690. The lowest BCUT2D eigenvalue weighted by molar-refractivity contribution is -0.164. The average Bonchev–Trinajstić information content (AvgIpc) is 3.41. The first-order valence-electron chi connectivity index (χ1n) is 13.6. The van der Waals surface area contributed by atoms with Crippen molar-refractivity contribution in [1.82, 2.24) is 0 Å². The van der Waals surface area contributed by atoms with Gasteiger partial charge in [0, 0.05) is 35.7 Å². The topological polar surface area (TPSA) is 163 Å². The zero-order chi connectivity index (χ0) is 29.7. The predicted octanol–water partition coefficient (Wildman–Crippen LogP) is 1.86. The summed E-state index contributed by atoms with van der Waals surface area (Å²) in [6, 6.07) is 0. The molecule has 1 aliphatic carbocycles. The molecule has 3 heterocycles. The number of rotatable bonds is 9. The first-order chi connectivity index (χ1) is 18.6. The Morgan fingerprint density at radius 2 is 2.00 bits per heavy atom. The van der Waals surface area contributed by atoms with Crippen LogP contribution in [-0.2, 0) is 42.9 Å². The normalized spacial score (nSPS) is 36.6. The van der Waals surface area contributed by atoms with Crippen LogP contribution >= 0.6 is 0 Å². The van der Waals surface area contributed by atoms with Crippen molar-refractivity contribution in [2.24, 2.45) is 17.3 Å². The number of ketones is 2. The van der Waals surface area contributed by atoms with Crippen molar-refractivity contribution in [3.05, 3.63) is 23.5 Å². The lowest BCUT2D eigenvalue weighted by Crippen LogP contribution is -2.52. The summed E-state index contributed by atoms with van der Waals surface area (Å²) in [5.74, 6) is -3.51. The van der Waals surface area contributed by atoms with Gasteiger partial charge in [-0.15, -0.1) is 0 Å². The molecule has 0 aromatic heterocycles. The number of cyclic esters (lactones) is 1. The zero-order valence-electron chi connectivity index (χ0n) is 23.6. The number of aliphatic hydroxyl groups is 2. The van der Waals surface area contributed by atoms with Crippen molar-refractivity contribution in [1.29, 1.82) is 0 Å². The number of ether oxygens (including phenoxy) is 4. The van der Waals surface area contributed by atoms with Gasteiger partial charge in [-0.2, -0.15) is 0 Å². The van der Waals surface area contributed by atoms with Gasteiger partial charge in [0.1, 0.15) is 28.8 Å². The molecule has 0 unspecified atom stereocenters. The number of carbonyl (C=O) groups is 5. The molecule has 0 radical (unpaired) electrons. The fourth-order valence-electron chi connectivity index (χ4n) is 6.88. The number of methoxy groups -OCH3 is 1. The predicted molar refractivity (Wildman–Crippen MR) is 137 cm³/mol. The molecule has 11 heteroatoms. The van der Waals surface area contributed by atoms with Crippen molar-refractivity contribution >= 4 is 29.5 Å². The van der Waals surface area contributed by atoms with Gasteiger partial charge in [0.25, 0.3) is 0 Å². The maximum Gasteiger partial charge on any atom is 0.339 e. The van der Waals surface area contributed by atoms with Crippen LogP contribution in [0.1, 0.15) is 72.6 Å². The van der Waals surface area contributed by atoms with Gasteiger partial charge in [0.15, 0.2) is 5.78 Å². The highest BCUT2D eigenvalue weighted by Crippen LogP contribution is 2.57. The molecule has 2 N–H and O–H groups in total. The van der Waals surface area contributed by atoms with E-state index in [1.54, 1.807) is 27.7 Å². The van der Waals surface area contributed by atoms with Gasteiger partial charge >= 0.3 is 17.9 Å². The maximum absolute atomic E-state index is 13.7. The number of carbonyl (C=O) groups excluding carboxylic acids is 5. The molecule has 3 aliphatic heterocycles. The number of aliphatic hydroxyl groups excluding tert-OH is 1. The summed E-state index contributed by atoms with van der Waals surface area (Å²) < 4.78 is 21.9. The van der Waals surface area contributed by atoms with Crippen LogP contribution in [0.25, 0.3) is 0 Å². The lowest BCUT2D eigenvalue weighted by Gasteiger charge is -2.39. The molecule has 11 nitrogen and oxygen atoms in total. The Kier molecular flexibility index (Phi) is 7.90. The third-order valence-corrected chi connectivity index (χ3v) is 9.17. The lowest BCUT2D eigenvalue weighted by atomic mass is 9.68. The van der Waals surface area contributed by atoms with Gasteiger partial charge in [0.2, 0.25) is 0 Å². The van der Waals surface area contributed by atoms with E-state index in [4.69, 9.17) is 18.9 Å². The Hall–Kier alpha value is -2.89. The average molecular weight is 563 g/mol. The molecule has 2 saturated heterocycles. The van der Waals surface area contributed by atoms with Crippen LogP contribution in [0.5, 0.6) is 0 Å². The largest absolute Gasteiger partial charge is 0.469 e. The summed E-state index contributed by atoms with van der Waals surface area (Å²) in [5.41, 5.74) is -5.27. The van der Waals surface area contributed by atoms with Crippen LogP contribution in [-0.4, -0.2) is 76.3 Å². The highest BCUT2D eigenvalue weighted by Gasteiger charge is 2.70. The number of hydrogen-bond acceptors (Lipinski definition) is 11. The molecule has 0 aromatic carbocycles. The van der Waals surface area contributed by atoms with Crippen molar-refractivity contribution in [3.63, 3.8) is 0 Å². The minimum Gasteiger partial charge on any atom is -0.469 e. The zero-order valence-corrected chi connectivity index (χ0v) is 23.6. The van der Waals surface area contributed by atoms with E-state index in [1.807, 2.05) is 0 Å². The van der Waals surface area contributed by atoms with Crippen LogP contribution < -0.4 is 0 Å². The van der Waals surface area contributed by atoms with E-state index < -0.39 is 63.8 Å². The molecule has 4 aliphatic rings. The Bertz CT molecular complexity index is 1190. The maximum atomic E-state index is 13.7. The molecular weight excluding hydrogens is 524 g/mol. The van der Waals surface area contributed by atoms with Crippen LogP contribution in [0, 0.1) is 17.3 Å². The number of esters is 3. The second-order valence-electron chi connectivity index (χ2n) is 12.2. The molecule has 0 amide bonds. The van der Waals surface area contributed by atoms with Gasteiger partial charge in [-0.1, -0.05) is 13.8 Å². The monoisotopic (exact) mass is 562 g/mol. The Labute approximate surface area is 232 Å². The van der Waals surface area contributed by atoms with E-state index in [1.165, 1.54) is 19.3 Å². The number of Topliss-reactive ketones (excluding diaryl/α,β-unsaturated/α-hetero) is 2. The Morgan fingerprint density at radius 3 is 2.60 bits per heavy atom. The fourth-order valence-corrected chi connectivity index (χ4v) is 6.88. The summed E-state index contributed by atoms with van der Waals surface area (Å²) in [7, 11) is 1.21. The Morgan fingerprint density at radius 1 is 1.30 bits per heavy atom. The van der Waals surface area contributed by atoms with Gasteiger partial charge in [-0.05, 0) is 45.3 Å². The molecule has 1 saturated carbocycles. The van der Waals surface area contributed by atoms with Crippen LogP contribution in [0.2, 0.25) is 0 Å². The number of hydrogen-bond donors (Lipinski definition) is 2. The first-order valence-corrected chi connectivity index (χ1v) is 13.6. The smallest absolute Gasteiger partial charge is 0.339 e.